The molecular formula is C20H27NO4S. The average Bonchev–Trinajstić information content (AvgIpc) is 3.24. The van der Waals surface area contributed by atoms with Crippen LogP contribution in [0.15, 0.2) is 47.4 Å². The molecule has 1 aromatic carbocycles. The maximum absolute atomic E-state index is 12.7. The molecular weight excluding hydrogens is 350 g/mol. The molecule has 2 aliphatic rings. The zero-order valence-corrected chi connectivity index (χ0v) is 16.0. The number of fused-ring (bicyclic) bond motifs is 2. The van der Waals surface area contributed by atoms with E-state index in [1.807, 2.05) is 6.07 Å². The van der Waals surface area contributed by atoms with Crippen LogP contribution in [-0.2, 0) is 19.6 Å². The monoisotopic (exact) mass is 377 g/mol. The fourth-order valence-electron chi connectivity index (χ4n) is 4.35. The van der Waals surface area contributed by atoms with E-state index in [0.29, 0.717) is 23.2 Å². The van der Waals surface area contributed by atoms with Gasteiger partial charge < -0.3 is 4.74 Å². The molecule has 0 spiro atoms. The third kappa shape index (κ3) is 4.35. The van der Waals surface area contributed by atoms with Gasteiger partial charge in [0.1, 0.15) is 0 Å². The molecule has 2 fully saturated rings. The number of sulfonamides is 1. The summed E-state index contributed by atoms with van der Waals surface area (Å²) in [6.45, 7) is 0. The van der Waals surface area contributed by atoms with Crippen molar-refractivity contribution < 1.29 is 17.9 Å². The number of carbonyl (C=O) groups excluding carboxylic acids is 1. The molecule has 2 saturated carbocycles. The summed E-state index contributed by atoms with van der Waals surface area (Å²) >= 11 is 0. The van der Waals surface area contributed by atoms with Crippen molar-refractivity contribution in [2.45, 2.75) is 49.5 Å². The lowest BCUT2D eigenvalue weighted by molar-refractivity contribution is -0.140. The molecule has 0 saturated heterocycles. The van der Waals surface area contributed by atoms with E-state index in [1.165, 1.54) is 13.5 Å². The Balaban J connectivity index is 1.63. The molecule has 5 nitrogen and oxygen atoms in total. The molecule has 0 aliphatic heterocycles. The maximum Gasteiger partial charge on any atom is 0.305 e. The lowest BCUT2D eigenvalue weighted by Crippen LogP contribution is -2.43. The molecule has 3 rings (SSSR count). The van der Waals surface area contributed by atoms with Crippen LogP contribution in [0.4, 0.5) is 0 Å². The van der Waals surface area contributed by atoms with Crippen LogP contribution in [0.3, 0.4) is 0 Å². The van der Waals surface area contributed by atoms with Gasteiger partial charge >= 0.3 is 5.97 Å². The molecule has 0 aromatic heterocycles. The number of carbonyl (C=O) groups is 1. The summed E-state index contributed by atoms with van der Waals surface area (Å²) in [5, 5.41) is 0. The number of allylic oxidation sites excluding steroid dienone is 1. The molecule has 4 atom stereocenters. The summed E-state index contributed by atoms with van der Waals surface area (Å²) in [7, 11) is -2.09. The van der Waals surface area contributed by atoms with Crippen LogP contribution in [0.2, 0.25) is 0 Å². The second-order valence-corrected chi connectivity index (χ2v) is 8.98. The Labute approximate surface area is 155 Å². The lowest BCUT2D eigenvalue weighted by Gasteiger charge is -2.29. The van der Waals surface area contributed by atoms with Crippen molar-refractivity contribution >= 4 is 16.0 Å². The minimum Gasteiger partial charge on any atom is -0.469 e. The molecule has 26 heavy (non-hydrogen) atoms. The first kappa shape index (κ1) is 19.1. The lowest BCUT2D eigenvalue weighted by atomic mass is 9.84. The minimum atomic E-state index is -3.49. The summed E-state index contributed by atoms with van der Waals surface area (Å²) in [4.78, 5) is 11.5. The highest BCUT2D eigenvalue weighted by Gasteiger charge is 2.47. The zero-order valence-electron chi connectivity index (χ0n) is 15.1. The first-order chi connectivity index (χ1) is 12.5. The Hall–Kier alpha value is -1.66. The van der Waals surface area contributed by atoms with Gasteiger partial charge in [0.15, 0.2) is 0 Å². The van der Waals surface area contributed by atoms with E-state index in [4.69, 9.17) is 0 Å². The maximum atomic E-state index is 12.7. The van der Waals surface area contributed by atoms with Crippen LogP contribution in [-0.4, -0.2) is 27.5 Å². The van der Waals surface area contributed by atoms with Gasteiger partial charge in [-0.2, -0.15) is 0 Å². The number of hydrogen-bond acceptors (Lipinski definition) is 4. The molecule has 0 radical (unpaired) electrons. The largest absolute Gasteiger partial charge is 0.469 e. The van der Waals surface area contributed by atoms with E-state index in [1.54, 1.807) is 24.3 Å². The molecule has 0 unspecified atom stereocenters. The van der Waals surface area contributed by atoms with Crippen LogP contribution >= 0.6 is 0 Å². The van der Waals surface area contributed by atoms with Gasteiger partial charge in [0.2, 0.25) is 10.0 Å². The average molecular weight is 378 g/mol. The highest BCUT2D eigenvalue weighted by atomic mass is 32.2. The second-order valence-electron chi connectivity index (χ2n) is 7.27. The van der Waals surface area contributed by atoms with Crippen molar-refractivity contribution in [2.75, 3.05) is 7.11 Å². The first-order valence-corrected chi connectivity index (χ1v) is 10.8. The molecule has 6 heteroatoms. The number of esters is 1. The number of ether oxygens (including phenoxy) is 1. The predicted octanol–water partition coefficient (Wildman–Crippen LogP) is 3.28. The van der Waals surface area contributed by atoms with E-state index in [2.05, 4.69) is 21.6 Å². The van der Waals surface area contributed by atoms with Gasteiger partial charge in [-0.15, -0.1) is 0 Å². The molecule has 142 valence electrons. The number of unbranched alkanes of at least 4 members (excludes halogenated alkanes) is 1. The quantitative estimate of drug-likeness (QED) is 0.429. The summed E-state index contributed by atoms with van der Waals surface area (Å²) in [6.07, 6.45) is 9.61. The second kappa shape index (κ2) is 8.35. The van der Waals surface area contributed by atoms with Crippen molar-refractivity contribution in [3.63, 3.8) is 0 Å². The zero-order chi connectivity index (χ0) is 18.6. The Morgan fingerprint density at radius 2 is 1.96 bits per heavy atom. The van der Waals surface area contributed by atoms with E-state index in [9.17, 15) is 13.2 Å². The van der Waals surface area contributed by atoms with E-state index in [-0.39, 0.29) is 17.9 Å². The van der Waals surface area contributed by atoms with Crippen molar-refractivity contribution in [3.05, 3.63) is 42.5 Å². The van der Waals surface area contributed by atoms with Gasteiger partial charge in [-0.1, -0.05) is 30.4 Å². The van der Waals surface area contributed by atoms with Gasteiger partial charge in [0.25, 0.3) is 0 Å². The third-order valence-electron chi connectivity index (χ3n) is 5.66. The fraction of sp³-hybridized carbons (Fsp3) is 0.550. The van der Waals surface area contributed by atoms with Crippen LogP contribution < -0.4 is 4.72 Å². The topological polar surface area (TPSA) is 72.5 Å². The normalized spacial score (nSPS) is 27.9. The summed E-state index contributed by atoms with van der Waals surface area (Å²) in [5.41, 5.74) is 0. The molecule has 1 N–H and O–H groups in total. The van der Waals surface area contributed by atoms with Gasteiger partial charge in [0.05, 0.1) is 12.0 Å². The molecule has 2 aliphatic carbocycles. The molecule has 1 aromatic rings. The van der Waals surface area contributed by atoms with Crippen LogP contribution in [0.25, 0.3) is 0 Å². The Kier molecular flexibility index (Phi) is 6.14. The minimum absolute atomic E-state index is 0.0317. The summed E-state index contributed by atoms with van der Waals surface area (Å²) < 4.78 is 33.0. The summed E-state index contributed by atoms with van der Waals surface area (Å²) in [6, 6.07) is 8.54. The van der Waals surface area contributed by atoms with Crippen molar-refractivity contribution in [1.29, 1.82) is 0 Å². The van der Waals surface area contributed by atoms with Crippen LogP contribution in [0, 0.1) is 17.8 Å². The predicted molar refractivity (Wildman–Crippen MR) is 99.9 cm³/mol. The van der Waals surface area contributed by atoms with Crippen LogP contribution in [0.5, 0.6) is 0 Å². The van der Waals surface area contributed by atoms with E-state index in [0.717, 1.165) is 25.7 Å². The van der Waals surface area contributed by atoms with Crippen molar-refractivity contribution in [1.82, 2.24) is 4.72 Å². The number of benzene rings is 1. The van der Waals surface area contributed by atoms with E-state index < -0.39 is 10.0 Å². The molecule has 2 bridgehead atoms. The Morgan fingerprint density at radius 3 is 2.69 bits per heavy atom. The SMILES string of the molecule is COC(=O)CCC/C=C\[C@H]1[C@@H]2CC[C@@H](C2)[C@@H]1NS(=O)(=O)c1ccccc1. The van der Waals surface area contributed by atoms with Crippen molar-refractivity contribution in [2.24, 2.45) is 17.8 Å². The highest BCUT2D eigenvalue weighted by Crippen LogP contribution is 2.49. The van der Waals surface area contributed by atoms with Crippen molar-refractivity contribution in [3.8, 4) is 0 Å². The summed E-state index contributed by atoms with van der Waals surface area (Å²) in [5.74, 6) is 1.03. The van der Waals surface area contributed by atoms with Gasteiger partial charge in [0, 0.05) is 12.5 Å². The van der Waals surface area contributed by atoms with Crippen LogP contribution in [0.1, 0.15) is 38.5 Å². The highest BCUT2D eigenvalue weighted by molar-refractivity contribution is 7.89. The van der Waals surface area contributed by atoms with Gasteiger partial charge in [-0.3, -0.25) is 4.79 Å². The number of hydrogen-bond donors (Lipinski definition) is 1. The number of nitrogens with one attached hydrogen (secondary N) is 1. The molecule has 0 amide bonds. The van der Waals surface area contributed by atoms with Gasteiger partial charge in [-0.05, 0) is 62.0 Å². The Bertz CT molecular complexity index is 744. The molecule has 0 heterocycles. The first-order valence-electron chi connectivity index (χ1n) is 9.32. The Morgan fingerprint density at radius 1 is 1.23 bits per heavy atom. The smallest absolute Gasteiger partial charge is 0.305 e. The number of rotatable bonds is 8. The standard InChI is InChI=1S/C20H27NO4S/c1-25-19(22)11-7-3-6-10-18-15-12-13-16(14-15)20(18)21-26(23,24)17-8-4-2-5-9-17/h2,4-6,8-10,15-16,18,20-21H,3,7,11-14H2,1H3/b10-6-/t15-,16+,18+,20+/m1/s1. The third-order valence-corrected chi connectivity index (χ3v) is 7.14. The van der Waals surface area contributed by atoms with Gasteiger partial charge in [-0.25, -0.2) is 13.1 Å². The fourth-order valence-corrected chi connectivity index (χ4v) is 5.71. The van der Waals surface area contributed by atoms with E-state index >= 15 is 0 Å². The number of methoxy groups -OCH3 is 1.